The third-order valence-electron chi connectivity index (χ3n) is 7.51. The topological polar surface area (TPSA) is 86.8 Å². The molecule has 0 saturated carbocycles. The summed E-state index contributed by atoms with van der Waals surface area (Å²) in [6.45, 7) is 5.16. The zero-order chi connectivity index (χ0) is 32.6. The first-order valence-electron chi connectivity index (χ1n) is 14.7. The number of amides is 2. The molecule has 10 heteroatoms. The number of carbonyl (C=O) groups is 2. The predicted octanol–water partition coefficient (Wildman–Crippen LogP) is 6.54. The predicted molar refractivity (Wildman–Crippen MR) is 176 cm³/mol. The SMILES string of the molecule is CC[C@@H](C)NC(=O)[C@@H](Cc1ccccc1)N(Cc1cccc(C)c1)C(=O)CN(c1ccc(F)c(Cl)c1)S(=O)(=O)c1ccccc1. The van der Waals surface area contributed by atoms with E-state index in [1.54, 1.807) is 18.2 Å². The number of benzene rings is 4. The molecule has 0 bridgehead atoms. The van der Waals surface area contributed by atoms with Crippen LogP contribution in [-0.2, 0) is 32.6 Å². The summed E-state index contributed by atoms with van der Waals surface area (Å²) in [5, 5.41) is 2.72. The molecule has 2 amide bonds. The van der Waals surface area contributed by atoms with E-state index in [0.717, 1.165) is 27.1 Å². The van der Waals surface area contributed by atoms with E-state index >= 15 is 0 Å². The Morgan fingerprint density at radius 3 is 2.16 bits per heavy atom. The summed E-state index contributed by atoms with van der Waals surface area (Å²) in [5.74, 6) is -1.69. The fourth-order valence-electron chi connectivity index (χ4n) is 4.89. The maximum Gasteiger partial charge on any atom is 0.264 e. The fraction of sp³-hybridized carbons (Fsp3) is 0.257. The van der Waals surface area contributed by atoms with Gasteiger partial charge in [-0.2, -0.15) is 0 Å². The Hall–Kier alpha value is -4.21. The van der Waals surface area contributed by atoms with E-state index in [0.29, 0.717) is 6.42 Å². The monoisotopic (exact) mass is 649 g/mol. The van der Waals surface area contributed by atoms with Crippen LogP contribution in [0.25, 0.3) is 0 Å². The Balaban J connectivity index is 1.82. The highest BCUT2D eigenvalue weighted by atomic mass is 35.5. The zero-order valence-electron chi connectivity index (χ0n) is 25.5. The number of carbonyl (C=O) groups excluding carboxylic acids is 2. The van der Waals surface area contributed by atoms with E-state index in [4.69, 9.17) is 11.6 Å². The lowest BCUT2D eigenvalue weighted by Gasteiger charge is -2.34. The van der Waals surface area contributed by atoms with Crippen LogP contribution in [0.4, 0.5) is 10.1 Å². The Labute approximate surface area is 269 Å². The van der Waals surface area contributed by atoms with Crippen LogP contribution < -0.4 is 9.62 Å². The molecule has 4 aromatic rings. The number of hydrogen-bond acceptors (Lipinski definition) is 4. The third-order valence-corrected chi connectivity index (χ3v) is 9.59. The number of hydrogen-bond donors (Lipinski definition) is 1. The second kappa shape index (κ2) is 15.2. The molecule has 0 radical (unpaired) electrons. The van der Waals surface area contributed by atoms with Gasteiger partial charge in [0.1, 0.15) is 18.4 Å². The summed E-state index contributed by atoms with van der Waals surface area (Å²) in [6, 6.07) is 27.0. The van der Waals surface area contributed by atoms with Gasteiger partial charge in [-0.05, 0) is 61.7 Å². The van der Waals surface area contributed by atoms with Crippen molar-refractivity contribution < 1.29 is 22.4 Å². The van der Waals surface area contributed by atoms with E-state index in [1.807, 2.05) is 75.4 Å². The van der Waals surface area contributed by atoms with E-state index in [-0.39, 0.29) is 40.5 Å². The molecular weight excluding hydrogens is 613 g/mol. The Morgan fingerprint density at radius 2 is 1.53 bits per heavy atom. The quantitative estimate of drug-likeness (QED) is 0.178. The van der Waals surface area contributed by atoms with Crippen LogP contribution in [0.15, 0.2) is 108 Å². The number of nitrogens with one attached hydrogen (secondary N) is 1. The van der Waals surface area contributed by atoms with Crippen LogP contribution in [0, 0.1) is 12.7 Å². The number of rotatable bonds is 13. The van der Waals surface area contributed by atoms with Crippen molar-refractivity contribution in [1.82, 2.24) is 10.2 Å². The molecular formula is C35H37ClFN3O4S. The van der Waals surface area contributed by atoms with Crippen LogP contribution in [0.1, 0.15) is 37.0 Å². The molecule has 7 nitrogen and oxygen atoms in total. The van der Waals surface area contributed by atoms with Crippen molar-refractivity contribution in [3.63, 3.8) is 0 Å². The molecule has 0 aliphatic heterocycles. The molecule has 4 aromatic carbocycles. The van der Waals surface area contributed by atoms with Crippen LogP contribution >= 0.6 is 11.6 Å². The van der Waals surface area contributed by atoms with Crippen LogP contribution in [-0.4, -0.2) is 43.8 Å². The van der Waals surface area contributed by atoms with Crippen molar-refractivity contribution in [2.24, 2.45) is 0 Å². The van der Waals surface area contributed by atoms with Crippen LogP contribution in [0.5, 0.6) is 0 Å². The molecule has 0 aliphatic carbocycles. The van der Waals surface area contributed by atoms with Gasteiger partial charge in [0.25, 0.3) is 10.0 Å². The normalized spacial score (nSPS) is 12.6. The number of sulfonamides is 1. The highest BCUT2D eigenvalue weighted by Gasteiger charge is 2.35. The van der Waals surface area contributed by atoms with Crippen molar-refractivity contribution in [3.05, 3.63) is 131 Å². The average Bonchev–Trinajstić information content (AvgIpc) is 3.03. The van der Waals surface area contributed by atoms with Gasteiger partial charge in [-0.25, -0.2) is 12.8 Å². The molecule has 0 fully saturated rings. The molecule has 236 valence electrons. The zero-order valence-corrected chi connectivity index (χ0v) is 27.1. The van der Waals surface area contributed by atoms with Gasteiger partial charge in [0.15, 0.2) is 0 Å². The van der Waals surface area contributed by atoms with E-state index in [1.165, 1.54) is 29.2 Å². The standard InChI is InChI=1S/C35H37ClFN3O4S/c1-4-26(3)38-35(42)33(21-27-13-7-5-8-14-27)39(23-28-15-11-12-25(2)20-28)34(41)24-40(29-18-19-32(37)31(36)22-29)45(43,44)30-16-9-6-10-17-30/h5-20,22,26,33H,4,21,23-24H2,1-3H3,(H,38,42)/t26-,33-/m1/s1. The highest BCUT2D eigenvalue weighted by molar-refractivity contribution is 7.92. The molecule has 0 spiro atoms. The van der Waals surface area contributed by atoms with Gasteiger partial charge in [-0.3, -0.25) is 13.9 Å². The second-order valence-corrected chi connectivity index (χ2v) is 13.2. The van der Waals surface area contributed by atoms with Crippen molar-refractivity contribution in [2.75, 3.05) is 10.8 Å². The molecule has 0 heterocycles. The van der Waals surface area contributed by atoms with Crippen LogP contribution in [0.3, 0.4) is 0 Å². The van der Waals surface area contributed by atoms with Crippen molar-refractivity contribution in [2.45, 2.75) is 57.1 Å². The van der Waals surface area contributed by atoms with E-state index in [2.05, 4.69) is 5.32 Å². The molecule has 0 unspecified atom stereocenters. The number of anilines is 1. The number of halogens is 2. The maximum atomic E-state index is 14.5. The van der Waals surface area contributed by atoms with Gasteiger partial charge in [-0.1, -0.05) is 96.9 Å². The van der Waals surface area contributed by atoms with Gasteiger partial charge in [0.05, 0.1) is 15.6 Å². The molecule has 45 heavy (non-hydrogen) atoms. The number of aryl methyl sites for hydroxylation is 1. The summed E-state index contributed by atoms with van der Waals surface area (Å²) in [5.41, 5.74) is 2.60. The van der Waals surface area contributed by atoms with Gasteiger partial charge in [0, 0.05) is 19.0 Å². The Kier molecular flexibility index (Phi) is 11.4. The average molecular weight is 650 g/mol. The summed E-state index contributed by atoms with van der Waals surface area (Å²) in [4.78, 5) is 29.7. The van der Waals surface area contributed by atoms with E-state index in [9.17, 15) is 22.4 Å². The lowest BCUT2D eigenvalue weighted by molar-refractivity contribution is -0.140. The molecule has 0 saturated heterocycles. The lowest BCUT2D eigenvalue weighted by atomic mass is 10.0. The summed E-state index contributed by atoms with van der Waals surface area (Å²) in [7, 11) is -4.32. The van der Waals surface area contributed by atoms with E-state index < -0.39 is 34.3 Å². The fourth-order valence-corrected chi connectivity index (χ4v) is 6.49. The van der Waals surface area contributed by atoms with Crippen LogP contribution in [0.2, 0.25) is 5.02 Å². The maximum absolute atomic E-state index is 14.5. The summed E-state index contributed by atoms with van der Waals surface area (Å²) in [6.07, 6.45) is 0.887. The minimum Gasteiger partial charge on any atom is -0.352 e. The van der Waals surface area contributed by atoms with Crippen molar-refractivity contribution in [1.29, 1.82) is 0 Å². The largest absolute Gasteiger partial charge is 0.352 e. The minimum absolute atomic E-state index is 0.0118. The first-order chi connectivity index (χ1) is 21.5. The van der Waals surface area contributed by atoms with Gasteiger partial charge >= 0.3 is 0 Å². The van der Waals surface area contributed by atoms with Crippen molar-refractivity contribution >= 4 is 39.1 Å². The molecule has 1 N–H and O–H groups in total. The first-order valence-corrected chi connectivity index (χ1v) is 16.5. The minimum atomic E-state index is -4.32. The molecule has 0 aliphatic rings. The molecule has 0 aromatic heterocycles. The van der Waals surface area contributed by atoms with Gasteiger partial charge < -0.3 is 10.2 Å². The smallest absolute Gasteiger partial charge is 0.264 e. The number of nitrogens with zero attached hydrogens (tertiary/aromatic N) is 2. The van der Waals surface area contributed by atoms with Crippen molar-refractivity contribution in [3.8, 4) is 0 Å². The Morgan fingerprint density at radius 1 is 0.889 bits per heavy atom. The van der Waals surface area contributed by atoms with Gasteiger partial charge in [-0.15, -0.1) is 0 Å². The Bertz CT molecular complexity index is 1720. The molecule has 2 atom stereocenters. The molecule has 4 rings (SSSR count). The van der Waals surface area contributed by atoms with Gasteiger partial charge in [0.2, 0.25) is 11.8 Å². The summed E-state index contributed by atoms with van der Waals surface area (Å²) >= 11 is 6.07. The first kappa shape index (κ1) is 33.7. The second-order valence-electron chi connectivity index (χ2n) is 11.0. The lowest BCUT2D eigenvalue weighted by Crippen LogP contribution is -2.54. The summed E-state index contributed by atoms with van der Waals surface area (Å²) < 4.78 is 43.1. The highest BCUT2D eigenvalue weighted by Crippen LogP contribution is 2.28. The third kappa shape index (κ3) is 8.71.